The van der Waals surface area contributed by atoms with Crippen LogP contribution < -0.4 is 10.2 Å². The van der Waals surface area contributed by atoms with E-state index in [1.165, 1.54) is 24.0 Å². The number of amides is 1. The zero-order valence-electron chi connectivity index (χ0n) is 16.9. The lowest BCUT2D eigenvalue weighted by atomic mass is 10.1. The molecular formula is C22H20F2N4O2S. The molecule has 0 aliphatic heterocycles. The third-order valence-corrected chi connectivity index (χ3v) is 4.97. The molecule has 2 aromatic carbocycles. The molecule has 0 spiro atoms. The van der Waals surface area contributed by atoms with Crippen molar-refractivity contribution in [2.75, 3.05) is 0 Å². The molecule has 0 saturated heterocycles. The molecule has 0 aliphatic rings. The molecule has 0 unspecified atom stereocenters. The Balaban J connectivity index is 1.56. The second-order valence-corrected chi connectivity index (χ2v) is 7.48. The standard InChI is InChI=1S/C22H20F2N4O2S/c1-14-11-15(2)27-22(26-14)31-13-16-7-9-17(10-8-16)20(29)28-25-12-18-5-3-4-6-19(18)30-21(23)24/h3-12,21H,13H2,1-2H3,(H,28,29). The molecule has 160 valence electrons. The number of hydrogen-bond acceptors (Lipinski definition) is 6. The summed E-state index contributed by atoms with van der Waals surface area (Å²) in [5.74, 6) is 0.231. The zero-order chi connectivity index (χ0) is 22.2. The number of halogens is 2. The highest BCUT2D eigenvalue weighted by Gasteiger charge is 2.08. The van der Waals surface area contributed by atoms with Crippen LogP contribution >= 0.6 is 11.8 Å². The number of rotatable bonds is 8. The van der Waals surface area contributed by atoms with Gasteiger partial charge in [0.25, 0.3) is 5.91 Å². The van der Waals surface area contributed by atoms with Crippen molar-refractivity contribution < 1.29 is 18.3 Å². The van der Waals surface area contributed by atoms with Crippen molar-refractivity contribution in [1.29, 1.82) is 0 Å². The van der Waals surface area contributed by atoms with Crippen LogP contribution in [0.2, 0.25) is 0 Å². The number of carbonyl (C=O) groups is 1. The average molecular weight is 442 g/mol. The third kappa shape index (κ3) is 6.85. The van der Waals surface area contributed by atoms with Gasteiger partial charge in [0.1, 0.15) is 5.75 Å². The van der Waals surface area contributed by atoms with Crippen LogP contribution in [0.25, 0.3) is 0 Å². The molecule has 1 amide bonds. The quantitative estimate of drug-likeness (QED) is 0.236. The van der Waals surface area contributed by atoms with Crippen LogP contribution in [0.1, 0.15) is 32.9 Å². The van der Waals surface area contributed by atoms with Gasteiger partial charge in [0, 0.05) is 28.3 Å². The number of aromatic nitrogens is 2. The first-order valence-corrected chi connectivity index (χ1v) is 10.3. The Morgan fingerprint density at radius 2 is 1.81 bits per heavy atom. The number of carbonyl (C=O) groups excluding carboxylic acids is 1. The maximum absolute atomic E-state index is 12.4. The van der Waals surface area contributed by atoms with Crippen molar-refractivity contribution in [2.45, 2.75) is 31.4 Å². The molecule has 0 saturated carbocycles. The Kier molecular flexibility index (Phi) is 7.66. The predicted octanol–water partition coefficient (Wildman–Crippen LogP) is 4.75. The summed E-state index contributed by atoms with van der Waals surface area (Å²) in [6, 6.07) is 15.2. The Bertz CT molecular complexity index is 1060. The van der Waals surface area contributed by atoms with E-state index >= 15 is 0 Å². The van der Waals surface area contributed by atoms with Gasteiger partial charge in [-0.1, -0.05) is 36.0 Å². The Labute approximate surface area is 182 Å². The minimum atomic E-state index is -2.94. The minimum absolute atomic E-state index is 0.0230. The Hall–Kier alpha value is -3.33. The molecule has 0 fully saturated rings. The molecule has 1 heterocycles. The summed E-state index contributed by atoms with van der Waals surface area (Å²) >= 11 is 1.52. The van der Waals surface area contributed by atoms with Crippen molar-refractivity contribution in [2.24, 2.45) is 5.10 Å². The van der Waals surface area contributed by atoms with E-state index in [1.54, 1.807) is 30.3 Å². The molecule has 0 radical (unpaired) electrons. The molecule has 0 bridgehead atoms. The van der Waals surface area contributed by atoms with Crippen molar-refractivity contribution in [1.82, 2.24) is 15.4 Å². The number of thioether (sulfide) groups is 1. The molecule has 3 rings (SSSR count). The molecule has 1 aromatic heterocycles. The summed E-state index contributed by atoms with van der Waals surface area (Å²) < 4.78 is 29.3. The van der Waals surface area contributed by atoms with Gasteiger partial charge in [0.2, 0.25) is 0 Å². The monoisotopic (exact) mass is 442 g/mol. The number of nitrogens with zero attached hydrogens (tertiary/aromatic N) is 3. The normalized spacial score (nSPS) is 11.1. The fraction of sp³-hybridized carbons (Fsp3) is 0.182. The number of hydrazone groups is 1. The maximum atomic E-state index is 12.4. The second kappa shape index (κ2) is 10.6. The average Bonchev–Trinajstić information content (AvgIpc) is 2.73. The van der Waals surface area contributed by atoms with E-state index in [2.05, 4.69) is 25.2 Å². The van der Waals surface area contributed by atoms with Gasteiger partial charge in [-0.25, -0.2) is 15.4 Å². The van der Waals surface area contributed by atoms with Gasteiger partial charge in [0.05, 0.1) is 6.21 Å². The van der Waals surface area contributed by atoms with E-state index in [1.807, 2.05) is 32.0 Å². The molecule has 6 nitrogen and oxygen atoms in total. The van der Waals surface area contributed by atoms with Crippen LogP contribution in [0.15, 0.2) is 64.9 Å². The van der Waals surface area contributed by atoms with Gasteiger partial charge in [0.15, 0.2) is 5.16 Å². The highest BCUT2D eigenvalue weighted by atomic mass is 32.2. The largest absolute Gasteiger partial charge is 0.434 e. The highest BCUT2D eigenvalue weighted by molar-refractivity contribution is 7.98. The van der Waals surface area contributed by atoms with Gasteiger partial charge < -0.3 is 4.74 Å². The smallest absolute Gasteiger partial charge is 0.387 e. The van der Waals surface area contributed by atoms with Crippen LogP contribution in [-0.4, -0.2) is 28.7 Å². The van der Waals surface area contributed by atoms with E-state index in [4.69, 9.17) is 0 Å². The number of nitrogens with one attached hydrogen (secondary N) is 1. The Morgan fingerprint density at radius 3 is 2.48 bits per heavy atom. The lowest BCUT2D eigenvalue weighted by molar-refractivity contribution is -0.0499. The van der Waals surface area contributed by atoms with Crippen molar-refractivity contribution >= 4 is 23.9 Å². The summed E-state index contributed by atoms with van der Waals surface area (Å²) in [4.78, 5) is 21.1. The molecule has 0 aliphatic carbocycles. The Morgan fingerprint density at radius 1 is 1.13 bits per heavy atom. The van der Waals surface area contributed by atoms with E-state index < -0.39 is 12.5 Å². The topological polar surface area (TPSA) is 76.5 Å². The molecule has 1 N–H and O–H groups in total. The minimum Gasteiger partial charge on any atom is -0.434 e. The number of para-hydroxylation sites is 1. The molecular weight excluding hydrogens is 422 g/mol. The van der Waals surface area contributed by atoms with E-state index in [9.17, 15) is 13.6 Å². The van der Waals surface area contributed by atoms with Crippen LogP contribution in [0, 0.1) is 13.8 Å². The summed E-state index contributed by atoms with van der Waals surface area (Å²) in [7, 11) is 0. The SMILES string of the molecule is Cc1cc(C)nc(SCc2ccc(C(=O)NN=Cc3ccccc3OC(F)F)cc2)n1. The van der Waals surface area contributed by atoms with E-state index in [-0.39, 0.29) is 5.75 Å². The van der Waals surface area contributed by atoms with Gasteiger partial charge in [-0.05, 0) is 49.7 Å². The first-order valence-electron chi connectivity index (χ1n) is 9.32. The summed E-state index contributed by atoms with van der Waals surface area (Å²) in [5, 5.41) is 4.54. The summed E-state index contributed by atoms with van der Waals surface area (Å²) in [5.41, 5.74) is 5.99. The number of alkyl halides is 2. The van der Waals surface area contributed by atoms with E-state index in [0.29, 0.717) is 22.0 Å². The predicted molar refractivity (Wildman–Crippen MR) is 116 cm³/mol. The van der Waals surface area contributed by atoms with Gasteiger partial charge in [-0.15, -0.1) is 0 Å². The van der Waals surface area contributed by atoms with Gasteiger partial charge >= 0.3 is 6.61 Å². The lowest BCUT2D eigenvalue weighted by Gasteiger charge is -2.07. The number of ether oxygens (including phenoxy) is 1. The van der Waals surface area contributed by atoms with Crippen molar-refractivity contribution in [3.8, 4) is 5.75 Å². The van der Waals surface area contributed by atoms with Crippen LogP contribution in [0.4, 0.5) is 8.78 Å². The van der Waals surface area contributed by atoms with Gasteiger partial charge in [-0.2, -0.15) is 13.9 Å². The molecule has 9 heteroatoms. The molecule has 0 atom stereocenters. The van der Waals surface area contributed by atoms with Crippen molar-refractivity contribution in [3.05, 3.63) is 82.7 Å². The maximum Gasteiger partial charge on any atom is 0.387 e. The summed E-state index contributed by atoms with van der Waals surface area (Å²) in [6.45, 7) is 0.917. The highest BCUT2D eigenvalue weighted by Crippen LogP contribution is 2.20. The molecule has 3 aromatic rings. The van der Waals surface area contributed by atoms with Crippen LogP contribution in [-0.2, 0) is 5.75 Å². The van der Waals surface area contributed by atoms with Crippen LogP contribution in [0.5, 0.6) is 5.75 Å². The number of benzene rings is 2. The zero-order valence-corrected chi connectivity index (χ0v) is 17.7. The second-order valence-electron chi connectivity index (χ2n) is 6.53. The first-order chi connectivity index (χ1) is 14.9. The van der Waals surface area contributed by atoms with Crippen molar-refractivity contribution in [3.63, 3.8) is 0 Å². The van der Waals surface area contributed by atoms with E-state index in [0.717, 1.165) is 17.0 Å². The van der Waals surface area contributed by atoms with Crippen LogP contribution in [0.3, 0.4) is 0 Å². The fourth-order valence-corrected chi connectivity index (χ4v) is 3.58. The first kappa shape index (κ1) is 22.4. The lowest BCUT2D eigenvalue weighted by Crippen LogP contribution is -2.17. The number of aryl methyl sites for hydroxylation is 2. The summed E-state index contributed by atoms with van der Waals surface area (Å²) in [6.07, 6.45) is 1.25. The fourth-order valence-electron chi connectivity index (χ4n) is 2.67. The number of hydrogen-bond donors (Lipinski definition) is 1. The molecule has 31 heavy (non-hydrogen) atoms. The third-order valence-electron chi connectivity index (χ3n) is 4.05. The van der Waals surface area contributed by atoms with Gasteiger partial charge in [-0.3, -0.25) is 4.79 Å².